The SMILES string of the molecule is COc1cccc(C(CCc2ccc(C(F)(F)F)cc2)N[S+]([O-])C(C)(C)C)c1. The van der Waals surface area contributed by atoms with Crippen molar-refractivity contribution in [2.24, 2.45) is 0 Å². The van der Waals surface area contributed by atoms with E-state index in [1.807, 2.05) is 45.0 Å². The highest BCUT2D eigenvalue weighted by atomic mass is 32.2. The van der Waals surface area contributed by atoms with Crippen LogP contribution in [0.4, 0.5) is 13.2 Å². The Labute approximate surface area is 167 Å². The number of nitrogens with one attached hydrogen (secondary N) is 1. The molecule has 0 amide bonds. The second-order valence-electron chi connectivity index (χ2n) is 7.56. The van der Waals surface area contributed by atoms with Crippen molar-refractivity contribution in [3.8, 4) is 5.75 Å². The highest BCUT2D eigenvalue weighted by Gasteiger charge is 2.31. The number of aryl methyl sites for hydroxylation is 1. The quantitative estimate of drug-likeness (QED) is 0.615. The fourth-order valence-corrected chi connectivity index (χ4v) is 3.50. The number of methoxy groups -OCH3 is 1. The summed E-state index contributed by atoms with van der Waals surface area (Å²) in [6.45, 7) is 5.65. The van der Waals surface area contributed by atoms with Crippen LogP contribution in [-0.4, -0.2) is 16.4 Å². The van der Waals surface area contributed by atoms with Gasteiger partial charge in [0.05, 0.1) is 18.7 Å². The number of hydrogen-bond donors (Lipinski definition) is 1. The molecule has 0 aliphatic heterocycles. The largest absolute Gasteiger partial charge is 0.598 e. The van der Waals surface area contributed by atoms with Gasteiger partial charge < -0.3 is 9.29 Å². The summed E-state index contributed by atoms with van der Waals surface area (Å²) in [5, 5.41) is 0. The van der Waals surface area contributed by atoms with Gasteiger partial charge in [0, 0.05) is 11.4 Å². The Morgan fingerprint density at radius 1 is 1.07 bits per heavy atom. The van der Waals surface area contributed by atoms with E-state index < -0.39 is 27.8 Å². The zero-order valence-corrected chi connectivity index (χ0v) is 17.3. The highest BCUT2D eigenvalue weighted by molar-refractivity contribution is 7.90. The Hall–Kier alpha value is -1.70. The maximum absolute atomic E-state index is 12.7. The van der Waals surface area contributed by atoms with Crippen LogP contribution >= 0.6 is 0 Å². The van der Waals surface area contributed by atoms with Crippen LogP contribution in [0.1, 0.15) is 49.9 Å². The predicted molar refractivity (Wildman–Crippen MR) is 107 cm³/mol. The third-order valence-electron chi connectivity index (χ3n) is 4.30. The molecule has 2 atom stereocenters. The Balaban J connectivity index is 2.17. The summed E-state index contributed by atoms with van der Waals surface area (Å²) in [6.07, 6.45) is -3.21. The van der Waals surface area contributed by atoms with Gasteiger partial charge in [-0.05, 0) is 69.0 Å². The fourth-order valence-electron chi connectivity index (χ4n) is 2.63. The molecule has 0 spiro atoms. The molecule has 0 aliphatic carbocycles. The van der Waals surface area contributed by atoms with Gasteiger partial charge in [0.25, 0.3) is 0 Å². The monoisotopic (exact) mass is 413 g/mol. The maximum Gasteiger partial charge on any atom is 0.416 e. The van der Waals surface area contributed by atoms with Gasteiger partial charge in [0.1, 0.15) is 10.5 Å². The van der Waals surface area contributed by atoms with Crippen molar-refractivity contribution in [1.29, 1.82) is 0 Å². The lowest BCUT2D eigenvalue weighted by Gasteiger charge is -2.28. The van der Waals surface area contributed by atoms with Gasteiger partial charge in [-0.25, -0.2) is 0 Å². The van der Waals surface area contributed by atoms with Gasteiger partial charge in [-0.2, -0.15) is 13.2 Å². The second kappa shape index (κ2) is 9.20. The summed E-state index contributed by atoms with van der Waals surface area (Å²) in [5.74, 6) is 0.695. The molecule has 0 fully saturated rings. The second-order valence-corrected chi connectivity index (χ2v) is 9.56. The van der Waals surface area contributed by atoms with Crippen molar-refractivity contribution < 1.29 is 22.5 Å². The van der Waals surface area contributed by atoms with Crippen LogP contribution in [0.15, 0.2) is 48.5 Å². The van der Waals surface area contributed by atoms with Crippen LogP contribution in [0.25, 0.3) is 0 Å². The molecule has 2 rings (SSSR count). The topological polar surface area (TPSA) is 44.3 Å². The van der Waals surface area contributed by atoms with Crippen molar-refractivity contribution in [2.45, 2.75) is 50.6 Å². The van der Waals surface area contributed by atoms with E-state index in [0.29, 0.717) is 18.6 Å². The molecular formula is C21H26F3NO2S. The number of rotatable bonds is 7. The number of benzene rings is 2. The van der Waals surface area contributed by atoms with E-state index in [9.17, 15) is 17.7 Å². The summed E-state index contributed by atoms with van der Waals surface area (Å²) in [5.41, 5.74) is 1.06. The average Bonchev–Trinajstić information content (AvgIpc) is 2.63. The van der Waals surface area contributed by atoms with Crippen LogP contribution in [0, 0.1) is 0 Å². The molecule has 28 heavy (non-hydrogen) atoms. The molecule has 0 radical (unpaired) electrons. The first-order valence-corrected chi connectivity index (χ1v) is 10.1. The molecule has 0 saturated carbocycles. The van der Waals surface area contributed by atoms with Crippen molar-refractivity contribution >= 4 is 11.4 Å². The van der Waals surface area contributed by atoms with Gasteiger partial charge in [-0.1, -0.05) is 24.3 Å². The van der Waals surface area contributed by atoms with Crippen molar-refractivity contribution in [3.05, 3.63) is 65.2 Å². The highest BCUT2D eigenvalue weighted by Crippen LogP contribution is 2.30. The van der Waals surface area contributed by atoms with Crippen LogP contribution in [0.3, 0.4) is 0 Å². The molecule has 2 aromatic rings. The van der Waals surface area contributed by atoms with Gasteiger partial charge in [-0.15, -0.1) is 4.72 Å². The standard InChI is InChI=1S/C21H26F3NO2S/c1-20(2,3)28(26)25-19(16-6-5-7-18(14-16)27-4)13-10-15-8-11-17(12-9-15)21(22,23)24/h5-9,11-12,14,19,25H,10,13H2,1-4H3. The normalized spacial score (nSPS) is 14.6. The minimum Gasteiger partial charge on any atom is -0.598 e. The van der Waals surface area contributed by atoms with E-state index in [1.54, 1.807) is 7.11 Å². The lowest BCUT2D eigenvalue weighted by Crippen LogP contribution is -2.41. The summed E-state index contributed by atoms with van der Waals surface area (Å²) in [6, 6.07) is 12.4. The molecule has 0 bridgehead atoms. The first-order chi connectivity index (χ1) is 13.0. The predicted octanol–water partition coefficient (Wildman–Crippen LogP) is 5.44. The van der Waals surface area contributed by atoms with E-state index >= 15 is 0 Å². The number of ether oxygens (including phenoxy) is 1. The zero-order chi connectivity index (χ0) is 20.9. The van der Waals surface area contributed by atoms with Crippen LogP contribution in [0.5, 0.6) is 5.75 Å². The Kier molecular flexibility index (Phi) is 7.42. The third-order valence-corrected chi connectivity index (χ3v) is 5.92. The Bertz CT molecular complexity index is 757. The summed E-state index contributed by atoms with van der Waals surface area (Å²) < 4.78 is 58.8. The fraction of sp³-hybridized carbons (Fsp3) is 0.429. The molecule has 154 valence electrons. The molecule has 3 nitrogen and oxygen atoms in total. The van der Waals surface area contributed by atoms with Crippen molar-refractivity contribution in [3.63, 3.8) is 0 Å². The summed E-state index contributed by atoms with van der Waals surface area (Å²) in [7, 11) is 1.58. The van der Waals surface area contributed by atoms with Crippen LogP contribution in [0.2, 0.25) is 0 Å². The van der Waals surface area contributed by atoms with Gasteiger partial charge in [0.15, 0.2) is 0 Å². The van der Waals surface area contributed by atoms with Crippen LogP contribution in [-0.2, 0) is 24.0 Å². The molecule has 2 aromatic carbocycles. The number of hydrogen-bond acceptors (Lipinski definition) is 3. The van der Waals surface area contributed by atoms with Gasteiger partial charge in [-0.3, -0.25) is 0 Å². The minimum atomic E-state index is -4.34. The maximum atomic E-state index is 12.7. The third kappa shape index (κ3) is 6.43. The number of halogens is 3. The summed E-state index contributed by atoms with van der Waals surface area (Å²) >= 11 is -1.29. The number of alkyl halides is 3. The average molecular weight is 414 g/mol. The first kappa shape index (κ1) is 22.6. The van der Waals surface area contributed by atoms with Gasteiger partial charge in [0.2, 0.25) is 0 Å². The van der Waals surface area contributed by atoms with E-state index in [2.05, 4.69) is 4.72 Å². The molecular weight excluding hydrogens is 387 g/mol. The van der Waals surface area contributed by atoms with Gasteiger partial charge >= 0.3 is 6.18 Å². The van der Waals surface area contributed by atoms with E-state index in [-0.39, 0.29) is 6.04 Å². The Morgan fingerprint density at radius 2 is 1.71 bits per heavy atom. The smallest absolute Gasteiger partial charge is 0.416 e. The van der Waals surface area contributed by atoms with Crippen molar-refractivity contribution in [1.82, 2.24) is 4.72 Å². The van der Waals surface area contributed by atoms with E-state index in [4.69, 9.17) is 4.74 Å². The molecule has 0 aliphatic rings. The van der Waals surface area contributed by atoms with E-state index in [0.717, 1.165) is 23.3 Å². The molecule has 0 saturated heterocycles. The molecule has 0 aromatic heterocycles. The Morgan fingerprint density at radius 3 is 2.25 bits per heavy atom. The molecule has 1 N–H and O–H groups in total. The lowest BCUT2D eigenvalue weighted by molar-refractivity contribution is -0.137. The lowest BCUT2D eigenvalue weighted by atomic mass is 9.99. The molecule has 2 unspecified atom stereocenters. The minimum absolute atomic E-state index is 0.225. The first-order valence-electron chi connectivity index (χ1n) is 8.99. The van der Waals surface area contributed by atoms with Crippen molar-refractivity contribution in [2.75, 3.05) is 7.11 Å². The van der Waals surface area contributed by atoms with Crippen LogP contribution < -0.4 is 9.46 Å². The molecule has 7 heteroatoms. The molecule has 0 heterocycles. The zero-order valence-electron chi connectivity index (χ0n) is 16.5. The van der Waals surface area contributed by atoms with E-state index in [1.165, 1.54) is 12.1 Å². The summed E-state index contributed by atoms with van der Waals surface area (Å²) in [4.78, 5) is 0.